The van der Waals surface area contributed by atoms with Crippen molar-refractivity contribution in [3.63, 3.8) is 0 Å². The molecule has 1 fully saturated rings. The summed E-state index contributed by atoms with van der Waals surface area (Å²) in [5, 5.41) is 7.27. The molecule has 5 rings (SSSR count). The molecule has 2 atom stereocenters. The number of hydrogen-bond acceptors (Lipinski definition) is 8. The maximum Gasteiger partial charge on any atom is 0.251 e. The van der Waals surface area contributed by atoms with E-state index >= 15 is 0 Å². The van der Waals surface area contributed by atoms with Gasteiger partial charge in [0.25, 0.3) is 5.91 Å². The van der Waals surface area contributed by atoms with Gasteiger partial charge in [-0.2, -0.15) is 4.98 Å². The monoisotopic (exact) mass is 435 g/mol. The van der Waals surface area contributed by atoms with Crippen LogP contribution in [0.4, 0.5) is 5.69 Å². The van der Waals surface area contributed by atoms with E-state index < -0.39 is 0 Å². The summed E-state index contributed by atoms with van der Waals surface area (Å²) in [7, 11) is 5.94. The van der Waals surface area contributed by atoms with Crippen LogP contribution in [0.25, 0.3) is 11.4 Å². The van der Waals surface area contributed by atoms with Gasteiger partial charge in [0.05, 0.1) is 6.04 Å². The second kappa shape index (κ2) is 8.16. The Kier molecular flexibility index (Phi) is 5.18. The summed E-state index contributed by atoms with van der Waals surface area (Å²) < 4.78 is 16.4. The van der Waals surface area contributed by atoms with Crippen LogP contribution >= 0.6 is 0 Å². The quantitative estimate of drug-likeness (QED) is 0.654. The molecule has 166 valence electrons. The molecule has 9 nitrogen and oxygen atoms in total. The Labute approximate surface area is 185 Å². The number of ether oxygens (including phenoxy) is 2. The van der Waals surface area contributed by atoms with Gasteiger partial charge in [-0.25, -0.2) is 0 Å². The second-order valence-electron chi connectivity index (χ2n) is 8.33. The predicted octanol–water partition coefficient (Wildman–Crippen LogP) is 2.71. The van der Waals surface area contributed by atoms with Crippen LogP contribution in [0.5, 0.6) is 11.5 Å². The molecule has 0 spiro atoms. The van der Waals surface area contributed by atoms with Crippen molar-refractivity contribution in [3.05, 3.63) is 53.9 Å². The minimum absolute atomic E-state index is 0.00748. The molecule has 0 radical (unpaired) electrons. The molecular weight excluding hydrogens is 410 g/mol. The largest absolute Gasteiger partial charge is 0.454 e. The van der Waals surface area contributed by atoms with Gasteiger partial charge in [-0.3, -0.25) is 9.69 Å². The fourth-order valence-corrected chi connectivity index (χ4v) is 4.10. The van der Waals surface area contributed by atoms with E-state index in [1.165, 1.54) is 0 Å². The Morgan fingerprint density at radius 3 is 2.69 bits per heavy atom. The van der Waals surface area contributed by atoms with Gasteiger partial charge >= 0.3 is 0 Å². The lowest BCUT2D eigenvalue weighted by Gasteiger charge is -2.15. The van der Waals surface area contributed by atoms with Gasteiger partial charge in [0, 0.05) is 43.5 Å². The van der Waals surface area contributed by atoms with Crippen molar-refractivity contribution in [1.82, 2.24) is 20.4 Å². The van der Waals surface area contributed by atoms with E-state index in [4.69, 9.17) is 14.0 Å². The van der Waals surface area contributed by atoms with E-state index in [2.05, 4.69) is 20.4 Å². The first-order valence-electron chi connectivity index (χ1n) is 10.5. The molecule has 0 saturated carbocycles. The number of fused-ring (bicyclic) bond motifs is 1. The van der Waals surface area contributed by atoms with Crippen LogP contribution < -0.4 is 19.7 Å². The van der Waals surface area contributed by atoms with E-state index in [1.807, 2.05) is 68.5 Å². The van der Waals surface area contributed by atoms with Crippen LogP contribution in [-0.4, -0.2) is 61.5 Å². The summed E-state index contributed by atoms with van der Waals surface area (Å²) in [6.07, 6.45) is 0.695. The number of benzene rings is 2. The fourth-order valence-electron chi connectivity index (χ4n) is 4.10. The summed E-state index contributed by atoms with van der Waals surface area (Å²) in [6.45, 7) is 0.921. The Bertz CT molecular complexity index is 1130. The van der Waals surface area contributed by atoms with Crippen LogP contribution in [0.15, 0.2) is 47.0 Å². The molecule has 1 N–H and O–H groups in total. The number of rotatable bonds is 5. The molecule has 2 aliphatic rings. The molecule has 2 unspecified atom stereocenters. The number of nitrogens with zero attached hydrogens (tertiary/aromatic N) is 4. The lowest BCUT2D eigenvalue weighted by Crippen LogP contribution is -2.36. The topological polar surface area (TPSA) is 93.0 Å². The van der Waals surface area contributed by atoms with E-state index in [0.717, 1.165) is 11.3 Å². The lowest BCUT2D eigenvalue weighted by atomic mass is 10.1. The Morgan fingerprint density at radius 1 is 1.12 bits per heavy atom. The van der Waals surface area contributed by atoms with Gasteiger partial charge in [-0.05, 0) is 55.9 Å². The highest BCUT2D eigenvalue weighted by atomic mass is 16.7. The van der Waals surface area contributed by atoms with Crippen molar-refractivity contribution in [3.8, 4) is 22.9 Å². The van der Waals surface area contributed by atoms with Gasteiger partial charge in [0.2, 0.25) is 18.5 Å². The first-order valence-corrected chi connectivity index (χ1v) is 10.5. The van der Waals surface area contributed by atoms with Crippen LogP contribution in [0.2, 0.25) is 0 Å². The van der Waals surface area contributed by atoms with E-state index in [-0.39, 0.29) is 24.8 Å². The van der Waals surface area contributed by atoms with Crippen molar-refractivity contribution in [2.45, 2.75) is 18.5 Å². The van der Waals surface area contributed by atoms with Crippen LogP contribution in [0, 0.1) is 0 Å². The molecule has 1 aromatic heterocycles. The number of likely N-dealkylation sites (N-methyl/N-ethyl adjacent to an activating group) is 1. The molecule has 1 saturated heterocycles. The van der Waals surface area contributed by atoms with Gasteiger partial charge < -0.3 is 24.2 Å². The molecule has 32 heavy (non-hydrogen) atoms. The average Bonchev–Trinajstić information content (AvgIpc) is 3.52. The summed E-state index contributed by atoms with van der Waals surface area (Å²) in [4.78, 5) is 21.4. The third-order valence-electron chi connectivity index (χ3n) is 5.89. The maximum absolute atomic E-state index is 12.7. The Morgan fingerprint density at radius 2 is 1.91 bits per heavy atom. The van der Waals surface area contributed by atoms with E-state index in [0.29, 0.717) is 41.7 Å². The number of nitrogens with one attached hydrogen (secondary N) is 1. The third kappa shape index (κ3) is 3.87. The van der Waals surface area contributed by atoms with Crippen molar-refractivity contribution in [2.24, 2.45) is 0 Å². The zero-order valence-electron chi connectivity index (χ0n) is 18.2. The first kappa shape index (κ1) is 20.3. The minimum atomic E-state index is -0.0825. The van der Waals surface area contributed by atoms with Crippen LogP contribution in [-0.2, 0) is 0 Å². The molecule has 2 aromatic carbocycles. The number of amides is 1. The number of carbonyl (C=O) groups is 1. The predicted molar refractivity (Wildman–Crippen MR) is 118 cm³/mol. The summed E-state index contributed by atoms with van der Waals surface area (Å²) in [5.41, 5.74) is 2.50. The van der Waals surface area contributed by atoms with E-state index in [9.17, 15) is 4.79 Å². The highest BCUT2D eigenvalue weighted by molar-refractivity contribution is 5.94. The molecule has 1 amide bonds. The minimum Gasteiger partial charge on any atom is -0.454 e. The molecule has 3 aromatic rings. The van der Waals surface area contributed by atoms with E-state index in [1.54, 1.807) is 0 Å². The van der Waals surface area contributed by atoms with Gasteiger partial charge in [0.1, 0.15) is 0 Å². The average molecular weight is 435 g/mol. The van der Waals surface area contributed by atoms with Crippen molar-refractivity contribution >= 4 is 11.6 Å². The Hall–Kier alpha value is -3.59. The third-order valence-corrected chi connectivity index (χ3v) is 5.89. The number of hydrogen-bond donors (Lipinski definition) is 1. The molecule has 0 aliphatic carbocycles. The number of anilines is 1. The van der Waals surface area contributed by atoms with Crippen molar-refractivity contribution in [2.75, 3.05) is 39.4 Å². The first-order chi connectivity index (χ1) is 15.5. The number of aromatic nitrogens is 2. The van der Waals surface area contributed by atoms with Gasteiger partial charge in [-0.15, -0.1) is 0 Å². The fraction of sp³-hybridized carbons (Fsp3) is 0.348. The zero-order chi connectivity index (χ0) is 22.2. The number of carbonyl (C=O) groups excluding carboxylic acids is 1. The number of likely N-dealkylation sites (tertiary alicyclic amines) is 1. The molecular formula is C23H25N5O4. The van der Waals surface area contributed by atoms with Crippen LogP contribution in [0.3, 0.4) is 0 Å². The van der Waals surface area contributed by atoms with Gasteiger partial charge in [-0.1, -0.05) is 5.16 Å². The summed E-state index contributed by atoms with van der Waals surface area (Å²) in [5.74, 6) is 2.34. The molecule has 0 bridgehead atoms. The normalized spacial score (nSPS) is 19.8. The second-order valence-corrected chi connectivity index (χ2v) is 8.33. The van der Waals surface area contributed by atoms with Crippen molar-refractivity contribution < 1.29 is 18.8 Å². The molecule has 3 heterocycles. The summed E-state index contributed by atoms with van der Waals surface area (Å²) >= 11 is 0. The molecule has 9 heteroatoms. The highest BCUT2D eigenvalue weighted by Gasteiger charge is 2.35. The van der Waals surface area contributed by atoms with Crippen molar-refractivity contribution in [1.29, 1.82) is 0 Å². The standard InChI is InChI=1S/C23H25N5O4/c1-27(2)17-7-4-14(5-8-17)22(29)24-16-11-18(28(3)12-16)23-25-21(26-32-23)15-6-9-19-20(10-15)31-13-30-19/h4-10,16,18H,11-13H2,1-3H3,(H,24,29). The zero-order valence-corrected chi connectivity index (χ0v) is 18.2. The van der Waals surface area contributed by atoms with Crippen LogP contribution in [0.1, 0.15) is 28.7 Å². The molecule has 2 aliphatic heterocycles. The SMILES string of the molecule is CN(C)c1ccc(C(=O)NC2CC(c3nc(-c4ccc5c(c4)OCO5)no3)N(C)C2)cc1. The Balaban J connectivity index is 1.25. The highest BCUT2D eigenvalue weighted by Crippen LogP contribution is 2.36. The smallest absolute Gasteiger partial charge is 0.251 e. The maximum atomic E-state index is 12.7. The lowest BCUT2D eigenvalue weighted by molar-refractivity contribution is 0.0938. The summed E-state index contributed by atoms with van der Waals surface area (Å²) in [6, 6.07) is 13.1. The van der Waals surface area contributed by atoms with Gasteiger partial charge in [0.15, 0.2) is 11.5 Å².